The van der Waals surface area contributed by atoms with Crippen LogP contribution in [0.5, 0.6) is 11.5 Å². The number of benzene rings is 3. The first-order valence-electron chi connectivity index (χ1n) is 23.2. The van der Waals surface area contributed by atoms with Crippen LogP contribution >= 0.6 is 0 Å². The summed E-state index contributed by atoms with van der Waals surface area (Å²) < 4.78 is 87.2. The van der Waals surface area contributed by atoms with Gasteiger partial charge in [0.2, 0.25) is 0 Å². The fourth-order valence-corrected chi connectivity index (χ4v) is 8.85. The van der Waals surface area contributed by atoms with Gasteiger partial charge in [0.05, 0.1) is 40.1 Å². The number of ether oxygens (including phenoxy) is 3. The summed E-state index contributed by atoms with van der Waals surface area (Å²) in [7, 11) is -8.67. The quantitative estimate of drug-likeness (QED) is 0.0311. The summed E-state index contributed by atoms with van der Waals surface area (Å²) in [6, 6.07) is 26.4. The summed E-state index contributed by atoms with van der Waals surface area (Å²) in [5, 5.41) is 0. The van der Waals surface area contributed by atoms with Gasteiger partial charge in [0, 0.05) is 18.1 Å². The first-order chi connectivity index (χ1) is 29.5. The molecular formula is C49H75NO9S2-2. The molecule has 0 fully saturated rings. The number of rotatable bonds is 37. The van der Waals surface area contributed by atoms with Crippen molar-refractivity contribution in [3.05, 3.63) is 95.6 Å². The van der Waals surface area contributed by atoms with Gasteiger partial charge in [-0.25, -0.2) is 16.8 Å². The van der Waals surface area contributed by atoms with Crippen LogP contribution in [0.3, 0.4) is 0 Å². The Morgan fingerprint density at radius 1 is 0.443 bits per heavy atom. The molecule has 3 rings (SSSR count). The van der Waals surface area contributed by atoms with E-state index in [1.54, 1.807) is 0 Å². The predicted molar refractivity (Wildman–Crippen MR) is 245 cm³/mol. The van der Waals surface area contributed by atoms with Gasteiger partial charge >= 0.3 is 0 Å². The summed E-state index contributed by atoms with van der Waals surface area (Å²) in [6.45, 7) is 7.48. The molecule has 0 atom stereocenters. The highest BCUT2D eigenvalue weighted by Gasteiger charge is 2.38. The van der Waals surface area contributed by atoms with Crippen molar-refractivity contribution in [2.75, 3.05) is 51.0 Å². The van der Waals surface area contributed by atoms with Crippen LogP contribution in [0.4, 0.5) is 0 Å². The van der Waals surface area contributed by atoms with Crippen LogP contribution in [-0.2, 0) is 30.6 Å². The Kier molecular flexibility index (Phi) is 25.9. The minimum Gasteiger partial charge on any atom is -0.748 e. The number of hydrogen-bond donors (Lipinski definition) is 0. The third-order valence-corrected chi connectivity index (χ3v) is 12.8. The number of nitrogens with zero attached hydrogens (tertiary/aromatic N) is 1. The molecular weight excluding hydrogens is 811 g/mol. The van der Waals surface area contributed by atoms with Gasteiger partial charge in [-0.1, -0.05) is 158 Å². The van der Waals surface area contributed by atoms with Crippen LogP contribution in [-0.4, -0.2) is 81.8 Å². The van der Waals surface area contributed by atoms with Gasteiger partial charge in [-0.2, -0.15) is 0 Å². The van der Waals surface area contributed by atoms with Crippen molar-refractivity contribution in [1.82, 2.24) is 4.90 Å². The maximum absolute atomic E-state index is 11.3. The van der Waals surface area contributed by atoms with Crippen molar-refractivity contribution in [3.63, 3.8) is 0 Å². The SMILES string of the molecule is CCCCCCCCCCOc1ccc(C(OCCN(CCCCS(=O)(=O)[O-])CCCCS(=O)(=O)[O-])(c2ccccc2)c2ccc(OCCCCCCCCCC)cc2)cc1. The molecule has 3 aromatic rings. The Balaban J connectivity index is 1.82. The van der Waals surface area contributed by atoms with Crippen LogP contribution in [0.15, 0.2) is 78.9 Å². The normalized spacial score (nSPS) is 12.3. The van der Waals surface area contributed by atoms with Gasteiger partial charge in [0.25, 0.3) is 0 Å². The van der Waals surface area contributed by atoms with Crippen LogP contribution in [0.2, 0.25) is 0 Å². The average Bonchev–Trinajstić information content (AvgIpc) is 3.24. The van der Waals surface area contributed by atoms with Crippen LogP contribution in [0.1, 0.15) is 159 Å². The lowest BCUT2D eigenvalue weighted by atomic mass is 9.80. The summed E-state index contributed by atoms with van der Waals surface area (Å²) in [6.07, 6.45) is 21.1. The van der Waals surface area contributed by atoms with Gasteiger partial charge in [0.15, 0.2) is 0 Å². The fourth-order valence-electron chi connectivity index (χ4n) is 7.74. The van der Waals surface area contributed by atoms with E-state index in [1.807, 2.05) is 42.5 Å². The van der Waals surface area contributed by atoms with Crippen LogP contribution in [0, 0.1) is 0 Å². The minimum absolute atomic E-state index is 0.215. The van der Waals surface area contributed by atoms with E-state index in [4.69, 9.17) is 14.2 Å². The van der Waals surface area contributed by atoms with E-state index < -0.39 is 37.3 Å². The van der Waals surface area contributed by atoms with Crippen molar-refractivity contribution >= 4 is 20.2 Å². The van der Waals surface area contributed by atoms with Crippen molar-refractivity contribution in [1.29, 1.82) is 0 Å². The molecule has 10 nitrogen and oxygen atoms in total. The maximum atomic E-state index is 11.3. The molecule has 0 aromatic heterocycles. The lowest BCUT2D eigenvalue weighted by Gasteiger charge is -2.37. The van der Waals surface area contributed by atoms with Crippen molar-refractivity contribution in [2.24, 2.45) is 0 Å². The van der Waals surface area contributed by atoms with E-state index in [0.29, 0.717) is 45.7 Å². The molecule has 0 spiro atoms. The van der Waals surface area contributed by atoms with E-state index in [-0.39, 0.29) is 19.4 Å². The van der Waals surface area contributed by atoms with Gasteiger partial charge < -0.3 is 28.2 Å². The number of hydrogen-bond acceptors (Lipinski definition) is 10. The van der Waals surface area contributed by atoms with Gasteiger partial charge in [-0.3, -0.25) is 0 Å². The molecule has 12 heteroatoms. The average molecular weight is 886 g/mol. The molecule has 3 aromatic carbocycles. The second-order valence-electron chi connectivity index (χ2n) is 16.4. The first-order valence-corrected chi connectivity index (χ1v) is 26.4. The topological polar surface area (TPSA) is 145 Å². The van der Waals surface area contributed by atoms with Gasteiger partial charge in [0.1, 0.15) is 17.1 Å². The lowest BCUT2D eigenvalue weighted by molar-refractivity contribution is 0.000635. The first kappa shape index (κ1) is 52.3. The molecule has 344 valence electrons. The van der Waals surface area contributed by atoms with Gasteiger partial charge in [-0.05, 0) is 92.6 Å². The van der Waals surface area contributed by atoms with E-state index in [0.717, 1.165) is 53.9 Å². The zero-order valence-electron chi connectivity index (χ0n) is 37.2. The molecule has 0 aliphatic heterocycles. The summed E-state index contributed by atoms with van der Waals surface area (Å²) in [5.41, 5.74) is 1.73. The Bertz CT molecular complexity index is 1670. The second-order valence-corrected chi connectivity index (χ2v) is 19.4. The van der Waals surface area contributed by atoms with E-state index in [9.17, 15) is 25.9 Å². The Morgan fingerprint density at radius 2 is 0.820 bits per heavy atom. The Hall–Kier alpha value is -3.00. The molecule has 0 aliphatic carbocycles. The van der Waals surface area contributed by atoms with Gasteiger partial charge in [-0.15, -0.1) is 0 Å². The minimum atomic E-state index is -4.33. The Morgan fingerprint density at radius 3 is 1.21 bits per heavy atom. The van der Waals surface area contributed by atoms with Crippen molar-refractivity contribution < 1.29 is 40.2 Å². The monoisotopic (exact) mass is 885 g/mol. The van der Waals surface area contributed by atoms with Crippen molar-refractivity contribution in [2.45, 2.75) is 148 Å². The van der Waals surface area contributed by atoms with Crippen molar-refractivity contribution in [3.8, 4) is 11.5 Å². The summed E-state index contributed by atoms with van der Waals surface area (Å²) in [5.74, 6) is 0.704. The highest BCUT2D eigenvalue weighted by Crippen LogP contribution is 2.41. The zero-order chi connectivity index (χ0) is 44.1. The Labute approximate surface area is 369 Å². The standard InChI is InChI=1S/C49H77NO9S2/c1-3-5-7-9-11-13-15-22-39-57-47-32-28-45(29-33-47)49(44-26-18-17-19-27-44,46-30-34-48(35-31-46)58-40-23-16-14-12-10-8-6-4-2)59-41-38-50(36-20-24-42-60(51,52)53)37-21-25-43-61(54,55)56/h17-19,26-35H,3-16,20-25,36-43H2,1-2H3,(H,51,52,53)(H,54,55,56)/p-2. The van der Waals surface area contributed by atoms with E-state index in [2.05, 4.69) is 55.1 Å². The third kappa shape index (κ3) is 22.3. The highest BCUT2D eigenvalue weighted by molar-refractivity contribution is 7.85. The van der Waals surface area contributed by atoms with E-state index in [1.165, 1.54) is 77.0 Å². The molecule has 0 N–H and O–H groups in total. The summed E-state index contributed by atoms with van der Waals surface area (Å²) in [4.78, 5) is 2.08. The lowest BCUT2D eigenvalue weighted by Crippen LogP contribution is -2.37. The molecule has 0 amide bonds. The second kappa shape index (κ2) is 30.1. The largest absolute Gasteiger partial charge is 0.748 e. The smallest absolute Gasteiger partial charge is 0.143 e. The van der Waals surface area contributed by atoms with Crippen LogP contribution in [0.25, 0.3) is 0 Å². The highest BCUT2D eigenvalue weighted by atomic mass is 32.2. The summed E-state index contributed by atoms with van der Waals surface area (Å²) >= 11 is 0. The third-order valence-electron chi connectivity index (χ3n) is 11.2. The molecule has 0 heterocycles. The maximum Gasteiger partial charge on any atom is 0.143 e. The molecule has 0 bridgehead atoms. The molecule has 0 saturated carbocycles. The molecule has 0 radical (unpaired) electrons. The molecule has 61 heavy (non-hydrogen) atoms. The molecule has 0 aliphatic rings. The molecule has 0 unspecified atom stereocenters. The predicted octanol–water partition coefficient (Wildman–Crippen LogP) is 11.0. The molecule has 0 saturated heterocycles. The number of unbranched alkanes of at least 4 members (excludes halogenated alkanes) is 16. The van der Waals surface area contributed by atoms with E-state index >= 15 is 0 Å². The van der Waals surface area contributed by atoms with Crippen LogP contribution < -0.4 is 9.47 Å². The fraction of sp³-hybridized carbons (Fsp3) is 0.633. The zero-order valence-corrected chi connectivity index (χ0v) is 38.9.